The first-order valence-electron chi connectivity index (χ1n) is 6.63. The molecule has 0 bridgehead atoms. The molecule has 1 fully saturated rings. The number of fused-ring (bicyclic) bond motifs is 1. The second-order valence-corrected chi connectivity index (χ2v) is 5.38. The van der Waals surface area contributed by atoms with Crippen molar-refractivity contribution in [2.24, 2.45) is 5.92 Å². The van der Waals surface area contributed by atoms with Gasteiger partial charge in [-0.3, -0.25) is 0 Å². The van der Waals surface area contributed by atoms with Crippen LogP contribution in [0.25, 0.3) is 0 Å². The minimum Gasteiger partial charge on any atom is -0.486 e. The van der Waals surface area contributed by atoms with Crippen LogP contribution < -0.4 is 14.8 Å². The van der Waals surface area contributed by atoms with Crippen molar-refractivity contribution >= 4 is 17.3 Å². The van der Waals surface area contributed by atoms with Crippen molar-refractivity contribution < 1.29 is 9.47 Å². The fourth-order valence-electron chi connectivity index (χ4n) is 2.43. The Kier molecular flexibility index (Phi) is 3.25. The Morgan fingerprint density at radius 2 is 1.94 bits per heavy atom. The molecule has 1 aromatic rings. The Hall–Kier alpha value is -1.09. The van der Waals surface area contributed by atoms with Gasteiger partial charge < -0.3 is 14.8 Å². The first kappa shape index (κ1) is 12.0. The van der Waals surface area contributed by atoms with Gasteiger partial charge in [0.1, 0.15) is 13.2 Å². The summed E-state index contributed by atoms with van der Waals surface area (Å²) in [5.74, 6) is 2.34. The molecular weight excluding hydrogens is 250 g/mol. The average Bonchev–Trinajstić information content (AvgIpc) is 3.20. The van der Waals surface area contributed by atoms with Gasteiger partial charge in [0.2, 0.25) is 0 Å². The number of anilines is 1. The summed E-state index contributed by atoms with van der Waals surface area (Å²) in [6.07, 6.45) is 3.77. The Balaban J connectivity index is 1.82. The number of hydrogen-bond acceptors (Lipinski definition) is 3. The van der Waals surface area contributed by atoms with E-state index in [-0.39, 0.29) is 0 Å². The van der Waals surface area contributed by atoms with Crippen molar-refractivity contribution in [2.75, 3.05) is 18.5 Å². The quantitative estimate of drug-likeness (QED) is 0.902. The van der Waals surface area contributed by atoms with E-state index in [9.17, 15) is 0 Å². The molecule has 4 heteroatoms. The molecule has 1 aliphatic carbocycles. The summed E-state index contributed by atoms with van der Waals surface area (Å²) in [7, 11) is 0. The Bertz CT molecular complexity index is 446. The normalized spacial score (nSPS) is 19.4. The standard InChI is InChI=1S/C14H18ClNO2/c1-2-11(9-3-4-9)16-12-8-14-13(7-10(12)15)17-5-6-18-14/h7-9,11,16H,2-6H2,1H3. The van der Waals surface area contributed by atoms with Crippen molar-refractivity contribution in [3.63, 3.8) is 0 Å². The van der Waals surface area contributed by atoms with Crippen LogP contribution >= 0.6 is 11.6 Å². The van der Waals surface area contributed by atoms with E-state index in [1.807, 2.05) is 12.1 Å². The van der Waals surface area contributed by atoms with Crippen molar-refractivity contribution in [1.82, 2.24) is 0 Å². The molecule has 1 aliphatic heterocycles. The smallest absolute Gasteiger partial charge is 0.163 e. The van der Waals surface area contributed by atoms with Gasteiger partial charge in [-0.1, -0.05) is 18.5 Å². The number of halogens is 1. The van der Waals surface area contributed by atoms with E-state index in [1.165, 1.54) is 12.8 Å². The highest BCUT2D eigenvalue weighted by Gasteiger charge is 2.30. The summed E-state index contributed by atoms with van der Waals surface area (Å²) in [4.78, 5) is 0. The van der Waals surface area contributed by atoms with Gasteiger partial charge in [-0.2, -0.15) is 0 Å². The van der Waals surface area contributed by atoms with Crippen LogP contribution in [-0.4, -0.2) is 19.3 Å². The Morgan fingerprint density at radius 3 is 2.56 bits per heavy atom. The number of rotatable bonds is 4. The van der Waals surface area contributed by atoms with E-state index >= 15 is 0 Å². The maximum atomic E-state index is 6.29. The van der Waals surface area contributed by atoms with Crippen LogP contribution in [0.4, 0.5) is 5.69 Å². The fourth-order valence-corrected chi connectivity index (χ4v) is 2.63. The van der Waals surface area contributed by atoms with E-state index in [2.05, 4.69) is 12.2 Å². The molecule has 0 aromatic heterocycles. The van der Waals surface area contributed by atoms with Gasteiger partial charge in [0.05, 0.1) is 10.7 Å². The van der Waals surface area contributed by atoms with Crippen LogP contribution in [0.5, 0.6) is 11.5 Å². The van der Waals surface area contributed by atoms with Crippen LogP contribution in [0.2, 0.25) is 5.02 Å². The molecule has 18 heavy (non-hydrogen) atoms. The van der Waals surface area contributed by atoms with Gasteiger partial charge in [-0.15, -0.1) is 0 Å². The van der Waals surface area contributed by atoms with Gasteiger partial charge in [0.25, 0.3) is 0 Å². The molecule has 1 N–H and O–H groups in total. The summed E-state index contributed by atoms with van der Waals surface area (Å²) in [6, 6.07) is 4.32. The first-order valence-corrected chi connectivity index (χ1v) is 7.01. The molecule has 2 aliphatic rings. The fraction of sp³-hybridized carbons (Fsp3) is 0.571. The Labute approximate surface area is 112 Å². The van der Waals surface area contributed by atoms with E-state index < -0.39 is 0 Å². The molecule has 98 valence electrons. The zero-order valence-corrected chi connectivity index (χ0v) is 11.3. The third kappa shape index (κ3) is 2.37. The minimum absolute atomic E-state index is 0.519. The maximum absolute atomic E-state index is 6.29. The van der Waals surface area contributed by atoms with E-state index in [0.29, 0.717) is 24.3 Å². The van der Waals surface area contributed by atoms with Crippen molar-refractivity contribution in [3.05, 3.63) is 17.2 Å². The van der Waals surface area contributed by atoms with Crippen molar-refractivity contribution in [1.29, 1.82) is 0 Å². The molecule has 3 nitrogen and oxygen atoms in total. The van der Waals surface area contributed by atoms with Crippen LogP contribution in [0.15, 0.2) is 12.1 Å². The zero-order valence-electron chi connectivity index (χ0n) is 10.5. The average molecular weight is 268 g/mol. The lowest BCUT2D eigenvalue weighted by molar-refractivity contribution is 0.171. The lowest BCUT2D eigenvalue weighted by Crippen LogP contribution is -2.21. The number of ether oxygens (including phenoxy) is 2. The molecule has 1 unspecified atom stereocenters. The third-order valence-electron chi connectivity index (χ3n) is 3.60. The predicted octanol–water partition coefficient (Wildman–Crippen LogP) is 3.71. The van der Waals surface area contributed by atoms with Gasteiger partial charge in [0, 0.05) is 18.2 Å². The first-order chi connectivity index (χ1) is 8.78. The number of nitrogens with one attached hydrogen (secondary N) is 1. The van der Waals surface area contributed by atoms with E-state index in [1.54, 1.807) is 0 Å². The van der Waals surface area contributed by atoms with Crippen molar-refractivity contribution in [3.8, 4) is 11.5 Å². The third-order valence-corrected chi connectivity index (χ3v) is 3.92. The monoisotopic (exact) mass is 267 g/mol. The van der Waals surface area contributed by atoms with Crippen LogP contribution in [0.3, 0.4) is 0 Å². The molecule has 1 saturated carbocycles. The number of benzene rings is 1. The molecule has 1 heterocycles. The molecule has 0 radical (unpaired) electrons. The summed E-state index contributed by atoms with van der Waals surface area (Å²) in [6.45, 7) is 3.41. The van der Waals surface area contributed by atoms with Crippen LogP contribution in [0, 0.1) is 5.92 Å². The Morgan fingerprint density at radius 1 is 1.28 bits per heavy atom. The van der Waals surface area contributed by atoms with Gasteiger partial charge in [-0.25, -0.2) is 0 Å². The summed E-state index contributed by atoms with van der Waals surface area (Å²) in [5, 5.41) is 4.25. The summed E-state index contributed by atoms with van der Waals surface area (Å²) < 4.78 is 11.1. The lowest BCUT2D eigenvalue weighted by atomic mass is 10.1. The molecule has 0 saturated heterocycles. The lowest BCUT2D eigenvalue weighted by Gasteiger charge is -2.23. The van der Waals surface area contributed by atoms with Crippen LogP contribution in [0.1, 0.15) is 26.2 Å². The van der Waals surface area contributed by atoms with E-state index in [4.69, 9.17) is 21.1 Å². The van der Waals surface area contributed by atoms with Crippen molar-refractivity contribution in [2.45, 2.75) is 32.2 Å². The molecule has 0 spiro atoms. The SMILES string of the molecule is CCC(Nc1cc2c(cc1Cl)OCCO2)C1CC1. The second kappa shape index (κ2) is 4.88. The van der Waals surface area contributed by atoms with Gasteiger partial charge >= 0.3 is 0 Å². The molecular formula is C14H18ClNO2. The highest BCUT2D eigenvalue weighted by Crippen LogP contribution is 2.41. The molecule has 0 amide bonds. The summed E-state index contributed by atoms with van der Waals surface area (Å²) in [5.41, 5.74) is 0.958. The van der Waals surface area contributed by atoms with E-state index in [0.717, 1.165) is 29.5 Å². The maximum Gasteiger partial charge on any atom is 0.163 e. The number of hydrogen-bond donors (Lipinski definition) is 1. The van der Waals surface area contributed by atoms with Crippen LogP contribution in [-0.2, 0) is 0 Å². The highest BCUT2D eigenvalue weighted by molar-refractivity contribution is 6.33. The van der Waals surface area contributed by atoms with Gasteiger partial charge in [0.15, 0.2) is 11.5 Å². The topological polar surface area (TPSA) is 30.5 Å². The van der Waals surface area contributed by atoms with Gasteiger partial charge in [-0.05, 0) is 25.2 Å². The summed E-state index contributed by atoms with van der Waals surface area (Å²) >= 11 is 6.29. The predicted molar refractivity (Wildman–Crippen MR) is 72.9 cm³/mol. The second-order valence-electron chi connectivity index (χ2n) is 4.97. The molecule has 1 atom stereocenters. The molecule has 3 rings (SSSR count). The highest BCUT2D eigenvalue weighted by atomic mass is 35.5. The minimum atomic E-state index is 0.519. The molecule has 1 aromatic carbocycles. The largest absolute Gasteiger partial charge is 0.486 e. The zero-order chi connectivity index (χ0) is 12.5.